The lowest BCUT2D eigenvalue weighted by atomic mass is 9.71. The van der Waals surface area contributed by atoms with Crippen molar-refractivity contribution >= 4 is 5.91 Å². The number of carbonyl (C=O) groups is 1. The highest BCUT2D eigenvalue weighted by molar-refractivity contribution is 5.82. The lowest BCUT2D eigenvalue weighted by Crippen LogP contribution is -2.80. The van der Waals surface area contributed by atoms with E-state index < -0.39 is 0 Å². The first-order valence-corrected chi connectivity index (χ1v) is 6.46. The molecule has 2 heterocycles. The second kappa shape index (κ2) is 2.31. The number of hydrogen-bond donors (Lipinski definition) is 1. The molecule has 0 aromatic heterocycles. The van der Waals surface area contributed by atoms with E-state index in [-0.39, 0.29) is 11.4 Å². The standard InChI is InChI=1S/C12H19N3O/c1-4-9(16)15-11-5-8-6-14(7(2)3)10(11)12(8,11)13-15/h7-8,10,13H,4-6H2,1-3H3/t8?,10?,11-,12?/m1/s1. The maximum absolute atomic E-state index is 11.8. The van der Waals surface area contributed by atoms with Gasteiger partial charge in [-0.1, -0.05) is 6.92 Å². The van der Waals surface area contributed by atoms with Gasteiger partial charge >= 0.3 is 0 Å². The highest BCUT2D eigenvalue weighted by Crippen LogP contribution is 2.80. The third-order valence-electron chi connectivity index (χ3n) is 5.39. The number of nitrogens with zero attached hydrogens (tertiary/aromatic N) is 2. The minimum absolute atomic E-state index is 0.216. The van der Waals surface area contributed by atoms with Crippen LogP contribution in [0.4, 0.5) is 0 Å². The van der Waals surface area contributed by atoms with Crippen LogP contribution in [0.5, 0.6) is 0 Å². The molecule has 3 unspecified atom stereocenters. The molecule has 0 aromatic rings. The molecule has 2 saturated heterocycles. The van der Waals surface area contributed by atoms with E-state index in [4.69, 9.17) is 0 Å². The van der Waals surface area contributed by atoms with Crippen molar-refractivity contribution < 1.29 is 4.79 Å². The van der Waals surface area contributed by atoms with Gasteiger partial charge in [-0.05, 0) is 26.2 Å². The molecule has 1 spiro atoms. The number of piperidine rings is 2. The molecule has 4 fully saturated rings. The monoisotopic (exact) mass is 221 g/mol. The first-order valence-electron chi connectivity index (χ1n) is 6.46. The summed E-state index contributed by atoms with van der Waals surface area (Å²) in [6.07, 6.45) is 1.85. The minimum atomic E-state index is 0.216. The Balaban J connectivity index is 1.64. The average molecular weight is 221 g/mol. The fourth-order valence-corrected chi connectivity index (χ4v) is 4.72. The molecule has 4 aliphatic rings. The van der Waals surface area contributed by atoms with E-state index in [0.29, 0.717) is 24.0 Å². The van der Waals surface area contributed by atoms with Gasteiger partial charge in [-0.15, -0.1) is 0 Å². The normalized spacial score (nSPS) is 51.9. The van der Waals surface area contributed by atoms with Crippen LogP contribution in [0.3, 0.4) is 0 Å². The van der Waals surface area contributed by atoms with Gasteiger partial charge < -0.3 is 0 Å². The van der Waals surface area contributed by atoms with E-state index in [1.54, 1.807) is 0 Å². The van der Waals surface area contributed by atoms with Crippen LogP contribution in [0.15, 0.2) is 0 Å². The first kappa shape index (κ1) is 9.42. The number of likely N-dealkylation sites (tertiary alicyclic amines) is 1. The van der Waals surface area contributed by atoms with Gasteiger partial charge in [-0.3, -0.25) is 14.7 Å². The molecule has 1 N–H and O–H groups in total. The molecule has 0 aromatic carbocycles. The van der Waals surface area contributed by atoms with Gasteiger partial charge in [0.25, 0.3) is 0 Å². The largest absolute Gasteiger partial charge is 0.293 e. The highest BCUT2D eigenvalue weighted by Gasteiger charge is 3.00. The topological polar surface area (TPSA) is 35.6 Å². The third kappa shape index (κ3) is 0.603. The summed E-state index contributed by atoms with van der Waals surface area (Å²) in [6.45, 7) is 7.70. The molecule has 88 valence electrons. The van der Waals surface area contributed by atoms with Crippen LogP contribution in [0, 0.1) is 5.92 Å². The SMILES string of the molecule is CCC(=O)N1NC23C4CN(C(C)C)C2[C@@]13C4. The number of amides is 1. The van der Waals surface area contributed by atoms with E-state index in [0.717, 1.165) is 5.92 Å². The molecular weight excluding hydrogens is 202 g/mol. The van der Waals surface area contributed by atoms with Gasteiger partial charge in [-0.25, -0.2) is 5.43 Å². The smallest absolute Gasteiger partial charge is 0.237 e. The zero-order valence-electron chi connectivity index (χ0n) is 10.2. The first-order chi connectivity index (χ1) is 7.59. The van der Waals surface area contributed by atoms with Crippen molar-refractivity contribution in [1.29, 1.82) is 0 Å². The maximum atomic E-state index is 11.8. The van der Waals surface area contributed by atoms with Crippen molar-refractivity contribution in [3.05, 3.63) is 0 Å². The van der Waals surface area contributed by atoms with Gasteiger partial charge in [0, 0.05) is 19.0 Å². The molecule has 1 amide bonds. The molecule has 2 aliphatic heterocycles. The Bertz CT molecular complexity index is 396. The number of nitrogens with one attached hydrogen (secondary N) is 1. The van der Waals surface area contributed by atoms with E-state index in [9.17, 15) is 4.79 Å². The molecule has 4 rings (SSSR count). The van der Waals surface area contributed by atoms with Crippen LogP contribution in [-0.4, -0.2) is 45.5 Å². The molecule has 4 heteroatoms. The lowest BCUT2D eigenvalue weighted by molar-refractivity contribution is -0.175. The van der Waals surface area contributed by atoms with Crippen LogP contribution >= 0.6 is 0 Å². The molecule has 16 heavy (non-hydrogen) atoms. The number of carbonyl (C=O) groups excluding carboxylic acids is 1. The zero-order valence-corrected chi connectivity index (χ0v) is 10.2. The number of rotatable bonds is 2. The average Bonchev–Trinajstić information content (AvgIpc) is 2.60. The molecule has 0 bridgehead atoms. The molecule has 4 nitrogen and oxygen atoms in total. The van der Waals surface area contributed by atoms with Crippen LogP contribution in [0.2, 0.25) is 0 Å². The van der Waals surface area contributed by atoms with E-state index >= 15 is 0 Å². The Kier molecular flexibility index (Phi) is 1.36. The second-order valence-electron chi connectivity index (χ2n) is 6.08. The van der Waals surface area contributed by atoms with Gasteiger partial charge in [0.15, 0.2) is 0 Å². The van der Waals surface area contributed by atoms with Crippen LogP contribution in [-0.2, 0) is 4.79 Å². The number of hydrazine groups is 1. The minimum Gasteiger partial charge on any atom is -0.293 e. The second-order valence-corrected chi connectivity index (χ2v) is 6.08. The van der Waals surface area contributed by atoms with Gasteiger partial charge in [-0.2, -0.15) is 0 Å². The molecule has 2 saturated carbocycles. The van der Waals surface area contributed by atoms with Gasteiger partial charge in [0.2, 0.25) is 5.91 Å². The summed E-state index contributed by atoms with van der Waals surface area (Å²) in [7, 11) is 0. The lowest BCUT2D eigenvalue weighted by Gasteiger charge is -2.59. The van der Waals surface area contributed by atoms with Crippen molar-refractivity contribution in [3.8, 4) is 0 Å². The summed E-state index contributed by atoms with van der Waals surface area (Å²) in [4.78, 5) is 14.4. The Morgan fingerprint density at radius 2 is 2.31 bits per heavy atom. The van der Waals surface area contributed by atoms with Gasteiger partial charge in [0.1, 0.15) is 0 Å². The van der Waals surface area contributed by atoms with Crippen molar-refractivity contribution in [2.24, 2.45) is 5.92 Å². The van der Waals surface area contributed by atoms with Gasteiger partial charge in [0.05, 0.1) is 17.1 Å². The Labute approximate surface area is 95.9 Å². The molecule has 0 radical (unpaired) electrons. The van der Waals surface area contributed by atoms with Crippen LogP contribution < -0.4 is 5.43 Å². The van der Waals surface area contributed by atoms with E-state index in [2.05, 4.69) is 24.2 Å². The molecular formula is C12H19N3O. The van der Waals surface area contributed by atoms with Crippen molar-refractivity contribution in [3.63, 3.8) is 0 Å². The number of hydrogen-bond acceptors (Lipinski definition) is 3. The molecule has 4 atom stereocenters. The zero-order chi connectivity index (χ0) is 11.3. The van der Waals surface area contributed by atoms with Crippen LogP contribution in [0.1, 0.15) is 33.6 Å². The summed E-state index contributed by atoms with van der Waals surface area (Å²) < 4.78 is 0. The summed E-state index contributed by atoms with van der Waals surface area (Å²) in [6, 6.07) is 1.22. The summed E-state index contributed by atoms with van der Waals surface area (Å²) in [5.74, 6) is 1.06. The Morgan fingerprint density at radius 3 is 2.94 bits per heavy atom. The fraction of sp³-hybridized carbons (Fsp3) is 0.917. The predicted octanol–water partition coefficient (Wildman–Crippen LogP) is 0.347. The third-order valence-corrected chi connectivity index (χ3v) is 5.39. The summed E-state index contributed by atoms with van der Waals surface area (Å²) >= 11 is 0. The predicted molar refractivity (Wildman–Crippen MR) is 59.5 cm³/mol. The van der Waals surface area contributed by atoms with E-state index in [1.165, 1.54) is 13.0 Å². The molecule has 2 aliphatic carbocycles. The van der Waals surface area contributed by atoms with Crippen molar-refractivity contribution in [2.75, 3.05) is 6.54 Å². The Hall–Kier alpha value is -0.610. The Morgan fingerprint density at radius 1 is 1.56 bits per heavy atom. The summed E-state index contributed by atoms with van der Waals surface area (Å²) in [5.41, 5.74) is 4.00. The van der Waals surface area contributed by atoms with Crippen molar-refractivity contribution in [1.82, 2.24) is 15.3 Å². The van der Waals surface area contributed by atoms with Crippen molar-refractivity contribution in [2.45, 2.75) is 56.8 Å². The summed E-state index contributed by atoms with van der Waals surface area (Å²) in [5, 5.41) is 1.95. The maximum Gasteiger partial charge on any atom is 0.237 e. The van der Waals surface area contributed by atoms with Crippen LogP contribution in [0.25, 0.3) is 0 Å². The highest BCUT2D eigenvalue weighted by atomic mass is 16.2. The van der Waals surface area contributed by atoms with E-state index in [1.807, 2.05) is 11.9 Å². The quantitative estimate of drug-likeness (QED) is 0.730. The fourth-order valence-electron chi connectivity index (χ4n) is 4.72.